The van der Waals surface area contributed by atoms with Crippen LogP contribution in [-0.2, 0) is 16.0 Å². The van der Waals surface area contributed by atoms with Gasteiger partial charge in [-0.05, 0) is 24.1 Å². The third-order valence-electron chi connectivity index (χ3n) is 3.56. The van der Waals surface area contributed by atoms with Gasteiger partial charge in [0, 0.05) is 17.0 Å². The minimum Gasteiger partial charge on any atom is -0.469 e. The van der Waals surface area contributed by atoms with Crippen LogP contribution in [0.5, 0.6) is 0 Å². The third-order valence-corrected chi connectivity index (χ3v) is 4.79. The van der Waals surface area contributed by atoms with Gasteiger partial charge in [-0.3, -0.25) is 4.79 Å². The van der Waals surface area contributed by atoms with E-state index in [0.29, 0.717) is 17.7 Å². The van der Waals surface area contributed by atoms with Crippen molar-refractivity contribution in [3.05, 3.63) is 35.4 Å². The summed E-state index contributed by atoms with van der Waals surface area (Å²) in [7, 11) is 1.44. The fourth-order valence-corrected chi connectivity index (χ4v) is 3.36. The van der Waals surface area contributed by atoms with Crippen LogP contribution in [0.3, 0.4) is 0 Å². The summed E-state index contributed by atoms with van der Waals surface area (Å²) in [6.45, 7) is 7.44. The van der Waals surface area contributed by atoms with Crippen LogP contribution in [0, 0.1) is 0 Å². The summed E-state index contributed by atoms with van der Waals surface area (Å²) in [6.07, 6.45) is 1.54. The first kappa shape index (κ1) is 18.1. The number of esters is 1. The number of carbonyl (C=O) groups excluding carboxylic acids is 1. The smallest absolute Gasteiger partial charge is 0.306 e. The van der Waals surface area contributed by atoms with Gasteiger partial charge in [-0.2, -0.15) is 11.8 Å². The van der Waals surface area contributed by atoms with Crippen molar-refractivity contribution in [3.63, 3.8) is 0 Å². The van der Waals surface area contributed by atoms with Crippen LogP contribution in [-0.4, -0.2) is 30.6 Å². The van der Waals surface area contributed by atoms with Crippen molar-refractivity contribution < 1.29 is 9.53 Å². The molecule has 1 aromatic carbocycles. The molecule has 0 aliphatic carbocycles. The van der Waals surface area contributed by atoms with E-state index < -0.39 is 0 Å². The van der Waals surface area contributed by atoms with E-state index in [0.717, 1.165) is 18.7 Å². The molecular formula is C17H27NO2S. The van der Waals surface area contributed by atoms with E-state index in [4.69, 9.17) is 0 Å². The summed E-state index contributed by atoms with van der Waals surface area (Å²) < 4.78 is 4.68. The number of aryl methyl sites for hydroxylation is 1. The lowest BCUT2D eigenvalue weighted by Gasteiger charge is -2.25. The zero-order valence-corrected chi connectivity index (χ0v) is 14.3. The second-order valence-electron chi connectivity index (χ2n) is 5.03. The van der Waals surface area contributed by atoms with Crippen LogP contribution < -0.4 is 5.32 Å². The van der Waals surface area contributed by atoms with E-state index in [1.165, 1.54) is 18.2 Å². The molecule has 2 atom stereocenters. The van der Waals surface area contributed by atoms with Gasteiger partial charge < -0.3 is 10.1 Å². The number of methoxy groups -OCH3 is 1. The number of ether oxygens (including phenoxy) is 1. The fourth-order valence-electron chi connectivity index (χ4n) is 2.26. The summed E-state index contributed by atoms with van der Waals surface area (Å²) >= 11 is 1.81. The lowest BCUT2D eigenvalue weighted by atomic mass is 10.0. The molecule has 0 radical (unpaired) electrons. The molecular weight excluding hydrogens is 282 g/mol. The molecule has 0 spiro atoms. The Kier molecular flexibility index (Phi) is 8.47. The number of carbonyl (C=O) groups is 1. The first-order chi connectivity index (χ1) is 10.1. The van der Waals surface area contributed by atoms with Gasteiger partial charge in [0.05, 0.1) is 13.5 Å². The molecule has 0 saturated heterocycles. The molecule has 0 aromatic heterocycles. The summed E-state index contributed by atoms with van der Waals surface area (Å²) in [5, 5.41) is 3.96. The van der Waals surface area contributed by atoms with Gasteiger partial charge in [0.1, 0.15) is 0 Å². The van der Waals surface area contributed by atoms with E-state index in [2.05, 4.69) is 55.1 Å². The Morgan fingerprint density at radius 1 is 1.29 bits per heavy atom. The highest BCUT2D eigenvalue weighted by molar-refractivity contribution is 7.99. The van der Waals surface area contributed by atoms with Gasteiger partial charge in [0.15, 0.2) is 0 Å². The molecule has 4 heteroatoms. The van der Waals surface area contributed by atoms with E-state index >= 15 is 0 Å². The van der Waals surface area contributed by atoms with Crippen molar-refractivity contribution in [2.45, 2.75) is 44.9 Å². The van der Waals surface area contributed by atoms with Gasteiger partial charge in [0.2, 0.25) is 0 Å². The third kappa shape index (κ3) is 6.10. The molecule has 0 aliphatic heterocycles. The Balaban J connectivity index is 2.63. The maximum absolute atomic E-state index is 11.2. The Labute approximate surface area is 132 Å². The minimum absolute atomic E-state index is 0.137. The zero-order valence-electron chi connectivity index (χ0n) is 13.5. The second-order valence-corrected chi connectivity index (χ2v) is 6.52. The average molecular weight is 309 g/mol. The van der Waals surface area contributed by atoms with Crippen LogP contribution in [0.25, 0.3) is 0 Å². The highest BCUT2D eigenvalue weighted by Gasteiger charge is 2.19. The van der Waals surface area contributed by atoms with Crippen molar-refractivity contribution in [1.82, 2.24) is 5.32 Å². The summed E-state index contributed by atoms with van der Waals surface area (Å²) in [6, 6.07) is 9.13. The van der Waals surface area contributed by atoms with Crippen LogP contribution in [0.2, 0.25) is 0 Å². The van der Waals surface area contributed by atoms with Gasteiger partial charge in [-0.15, -0.1) is 0 Å². The zero-order chi connectivity index (χ0) is 15.7. The molecule has 21 heavy (non-hydrogen) atoms. The van der Waals surface area contributed by atoms with E-state index in [1.54, 1.807) is 0 Å². The van der Waals surface area contributed by atoms with Crippen molar-refractivity contribution in [3.8, 4) is 0 Å². The SMILES string of the molecule is CCNC(c1ccc(CC)cc1)C(C)SCCC(=O)OC. The quantitative estimate of drug-likeness (QED) is 0.708. The van der Waals surface area contributed by atoms with Gasteiger partial charge in [-0.25, -0.2) is 0 Å². The molecule has 0 saturated carbocycles. The van der Waals surface area contributed by atoms with Crippen molar-refractivity contribution in [1.29, 1.82) is 0 Å². The molecule has 0 amide bonds. The normalized spacial score (nSPS) is 13.7. The Hall–Kier alpha value is -1.00. The maximum atomic E-state index is 11.2. The summed E-state index contributed by atoms with van der Waals surface area (Å²) in [5.41, 5.74) is 2.67. The highest BCUT2D eigenvalue weighted by atomic mass is 32.2. The standard InChI is InChI=1S/C17H27NO2S/c1-5-14-7-9-15(10-8-14)17(18-6-2)13(3)21-12-11-16(19)20-4/h7-10,13,17-18H,5-6,11-12H2,1-4H3. The lowest BCUT2D eigenvalue weighted by Crippen LogP contribution is -2.28. The number of hydrogen-bond donors (Lipinski definition) is 1. The molecule has 0 fully saturated rings. The monoisotopic (exact) mass is 309 g/mol. The van der Waals surface area contributed by atoms with Gasteiger partial charge >= 0.3 is 5.97 Å². The maximum Gasteiger partial charge on any atom is 0.306 e. The molecule has 1 aromatic rings. The number of nitrogens with one attached hydrogen (secondary N) is 1. The van der Waals surface area contributed by atoms with Gasteiger partial charge in [-0.1, -0.05) is 45.0 Å². The minimum atomic E-state index is -0.137. The predicted octanol–water partition coefficient (Wildman–Crippen LogP) is 3.58. The van der Waals surface area contributed by atoms with E-state index in [1.807, 2.05) is 11.8 Å². The van der Waals surface area contributed by atoms with Crippen molar-refractivity contribution in [2.24, 2.45) is 0 Å². The number of rotatable bonds is 9. The fraction of sp³-hybridized carbons (Fsp3) is 0.588. The van der Waals surface area contributed by atoms with E-state index in [9.17, 15) is 4.79 Å². The molecule has 1 N–H and O–H groups in total. The Morgan fingerprint density at radius 2 is 1.95 bits per heavy atom. The average Bonchev–Trinajstić information content (AvgIpc) is 2.52. The van der Waals surface area contributed by atoms with Crippen LogP contribution in [0.1, 0.15) is 44.4 Å². The summed E-state index contributed by atoms with van der Waals surface area (Å²) in [4.78, 5) is 11.2. The molecule has 118 valence electrons. The van der Waals surface area contributed by atoms with Crippen LogP contribution in [0.4, 0.5) is 0 Å². The number of hydrogen-bond acceptors (Lipinski definition) is 4. The highest BCUT2D eigenvalue weighted by Crippen LogP contribution is 2.27. The topological polar surface area (TPSA) is 38.3 Å². The first-order valence-corrected chi connectivity index (χ1v) is 8.67. The number of benzene rings is 1. The molecule has 0 heterocycles. The lowest BCUT2D eigenvalue weighted by molar-refractivity contribution is -0.140. The first-order valence-electron chi connectivity index (χ1n) is 7.63. The number of thioether (sulfide) groups is 1. The molecule has 3 nitrogen and oxygen atoms in total. The Morgan fingerprint density at radius 3 is 2.48 bits per heavy atom. The van der Waals surface area contributed by atoms with Crippen molar-refractivity contribution >= 4 is 17.7 Å². The molecule has 0 aliphatic rings. The molecule has 0 bridgehead atoms. The predicted molar refractivity (Wildman–Crippen MR) is 90.8 cm³/mol. The van der Waals surface area contributed by atoms with Crippen molar-refractivity contribution in [2.75, 3.05) is 19.4 Å². The summed E-state index contributed by atoms with van der Waals surface area (Å²) in [5.74, 6) is 0.657. The van der Waals surface area contributed by atoms with E-state index in [-0.39, 0.29) is 5.97 Å². The Bertz CT molecular complexity index is 419. The molecule has 2 unspecified atom stereocenters. The second kappa shape index (κ2) is 9.85. The largest absolute Gasteiger partial charge is 0.469 e. The van der Waals surface area contributed by atoms with Gasteiger partial charge in [0.25, 0.3) is 0 Å². The molecule has 1 rings (SSSR count). The van der Waals surface area contributed by atoms with Crippen LogP contribution in [0.15, 0.2) is 24.3 Å². The van der Waals surface area contributed by atoms with Crippen LogP contribution >= 0.6 is 11.8 Å².